The third-order valence-electron chi connectivity index (χ3n) is 6.60. The highest BCUT2D eigenvalue weighted by molar-refractivity contribution is 5.85. The Balaban J connectivity index is 1.29. The fourth-order valence-corrected chi connectivity index (χ4v) is 4.69. The summed E-state index contributed by atoms with van der Waals surface area (Å²) in [5, 5.41) is 9.47. The van der Waals surface area contributed by atoms with Crippen LogP contribution in [0.2, 0.25) is 0 Å². The molecule has 0 amide bonds. The quantitative estimate of drug-likeness (QED) is 0.276. The summed E-state index contributed by atoms with van der Waals surface area (Å²) in [6, 6.07) is 11.9. The Morgan fingerprint density at radius 2 is 2.11 bits per heavy atom. The molecule has 6 N–H and O–H groups in total. The molecule has 0 saturated carbocycles. The number of ether oxygens (including phenoxy) is 2. The number of fused-ring (bicyclic) bond motifs is 2. The molecule has 182 valence electrons. The number of hydrogen-bond donors (Lipinski definition) is 4. The van der Waals surface area contributed by atoms with Gasteiger partial charge in [0, 0.05) is 39.8 Å². The Kier molecular flexibility index (Phi) is 5.54. The molecule has 0 bridgehead atoms. The predicted octanol–water partition coefficient (Wildman–Crippen LogP) is 3.97. The van der Waals surface area contributed by atoms with E-state index < -0.39 is 0 Å². The highest BCUT2D eigenvalue weighted by Crippen LogP contribution is 2.36. The first kappa shape index (κ1) is 22.1. The smallest absolute Gasteiger partial charge is 0.166 e. The second-order valence-electron chi connectivity index (χ2n) is 9.14. The molecule has 9 nitrogen and oxygen atoms in total. The van der Waals surface area contributed by atoms with Crippen LogP contribution < -0.4 is 16.2 Å². The summed E-state index contributed by atoms with van der Waals surface area (Å²) < 4.78 is 11.6. The van der Waals surface area contributed by atoms with Crippen LogP contribution in [0.15, 0.2) is 61.1 Å². The molecule has 4 aromatic heterocycles. The van der Waals surface area contributed by atoms with Crippen LogP contribution >= 0.6 is 0 Å². The molecule has 2 atom stereocenters. The molecule has 1 aliphatic heterocycles. The van der Waals surface area contributed by atoms with E-state index >= 15 is 0 Å². The molecule has 9 heteroatoms. The first-order valence-corrected chi connectivity index (χ1v) is 11.9. The lowest BCUT2D eigenvalue weighted by Gasteiger charge is -2.18. The molecular formula is C27H27N7O2. The number of para-hydroxylation sites is 1. The van der Waals surface area contributed by atoms with E-state index in [2.05, 4.69) is 32.3 Å². The van der Waals surface area contributed by atoms with Gasteiger partial charge in [-0.05, 0) is 43.2 Å². The largest absolute Gasteiger partial charge is 0.500 e. The molecule has 5 aromatic rings. The van der Waals surface area contributed by atoms with Crippen molar-refractivity contribution in [2.75, 3.05) is 18.9 Å². The first-order chi connectivity index (χ1) is 17.6. The van der Waals surface area contributed by atoms with Crippen molar-refractivity contribution in [3.8, 4) is 17.0 Å². The van der Waals surface area contributed by atoms with E-state index in [1.807, 2.05) is 43.5 Å². The lowest BCUT2D eigenvalue weighted by atomic mass is 9.98. The average molecular weight is 482 g/mol. The second-order valence-corrected chi connectivity index (χ2v) is 9.14. The Morgan fingerprint density at radius 3 is 2.97 bits per heavy atom. The monoisotopic (exact) mass is 481 g/mol. The summed E-state index contributed by atoms with van der Waals surface area (Å²) in [4.78, 5) is 12.7. The van der Waals surface area contributed by atoms with E-state index in [1.54, 1.807) is 12.5 Å². The van der Waals surface area contributed by atoms with Gasteiger partial charge in [-0.1, -0.05) is 18.2 Å². The standard InChI is InChI=1S/C27H27N7O2/c1-15-20-9-23(31-12-24(20)34-33-15)21-10-25(27(29)32-26(21)16-6-7-35-13-16)36-14-18(28)8-17-11-30-22-5-3-2-4-19(17)22/h2-7,9-12,16,18,30H,8,13-14,28H2,1H3,(H2,29,32)(H,33,34)/t16?,18-/m0/s1. The number of nitrogens with zero attached hydrogens (tertiary/aromatic N) is 3. The van der Waals surface area contributed by atoms with Crippen LogP contribution in [-0.2, 0) is 11.2 Å². The van der Waals surface area contributed by atoms with Crippen LogP contribution in [-0.4, -0.2) is 44.4 Å². The van der Waals surface area contributed by atoms with E-state index in [0.717, 1.165) is 44.6 Å². The number of nitrogens with one attached hydrogen (secondary N) is 2. The number of nitrogen functional groups attached to an aromatic ring is 1. The Labute approximate surface area is 207 Å². The number of anilines is 1. The Morgan fingerprint density at radius 1 is 1.22 bits per heavy atom. The van der Waals surface area contributed by atoms with E-state index in [4.69, 9.17) is 25.9 Å². The summed E-state index contributed by atoms with van der Waals surface area (Å²) in [5.74, 6) is 0.772. The van der Waals surface area contributed by atoms with Gasteiger partial charge in [-0.2, -0.15) is 5.10 Å². The van der Waals surface area contributed by atoms with Gasteiger partial charge >= 0.3 is 0 Å². The summed E-state index contributed by atoms with van der Waals surface area (Å²) >= 11 is 0. The Bertz CT molecular complexity index is 1590. The van der Waals surface area contributed by atoms with Crippen molar-refractivity contribution >= 4 is 27.6 Å². The molecule has 0 saturated heterocycles. The molecule has 0 fully saturated rings. The summed E-state index contributed by atoms with van der Waals surface area (Å²) in [6.45, 7) is 2.78. The van der Waals surface area contributed by atoms with Crippen LogP contribution in [0.3, 0.4) is 0 Å². The maximum absolute atomic E-state index is 6.45. The third kappa shape index (κ3) is 4.03. The summed E-state index contributed by atoms with van der Waals surface area (Å²) in [5.41, 5.74) is 19.2. The zero-order valence-corrected chi connectivity index (χ0v) is 19.9. The summed E-state index contributed by atoms with van der Waals surface area (Å²) in [7, 11) is 0. The molecular weight excluding hydrogens is 454 g/mol. The van der Waals surface area contributed by atoms with Crippen LogP contribution in [0.5, 0.6) is 5.75 Å². The second kappa shape index (κ2) is 9.01. The number of aromatic nitrogens is 5. The van der Waals surface area contributed by atoms with Crippen LogP contribution in [0.4, 0.5) is 5.82 Å². The average Bonchev–Trinajstić information content (AvgIpc) is 3.64. The first-order valence-electron chi connectivity index (χ1n) is 11.9. The molecule has 1 aromatic carbocycles. The zero-order chi connectivity index (χ0) is 24.6. The van der Waals surface area contributed by atoms with Gasteiger partial charge in [-0.3, -0.25) is 10.1 Å². The molecule has 6 rings (SSSR count). The van der Waals surface area contributed by atoms with E-state index in [-0.39, 0.29) is 12.0 Å². The maximum Gasteiger partial charge on any atom is 0.166 e. The van der Waals surface area contributed by atoms with E-state index in [0.29, 0.717) is 31.2 Å². The summed E-state index contributed by atoms with van der Waals surface area (Å²) in [6.07, 6.45) is 8.10. The Hall–Kier alpha value is -4.37. The van der Waals surface area contributed by atoms with Crippen molar-refractivity contribution in [1.29, 1.82) is 0 Å². The van der Waals surface area contributed by atoms with Crippen molar-refractivity contribution in [3.63, 3.8) is 0 Å². The predicted molar refractivity (Wildman–Crippen MR) is 140 cm³/mol. The van der Waals surface area contributed by atoms with E-state index in [9.17, 15) is 0 Å². The van der Waals surface area contributed by atoms with Gasteiger partial charge in [-0.15, -0.1) is 0 Å². The number of hydrogen-bond acceptors (Lipinski definition) is 7. The van der Waals surface area contributed by atoms with Gasteiger partial charge in [0.25, 0.3) is 0 Å². The number of aryl methyl sites for hydroxylation is 1. The van der Waals surface area contributed by atoms with Crippen molar-refractivity contribution in [2.24, 2.45) is 5.73 Å². The number of rotatable bonds is 7. The number of nitrogens with two attached hydrogens (primary N) is 2. The lowest BCUT2D eigenvalue weighted by Crippen LogP contribution is -2.30. The topological polar surface area (TPSA) is 141 Å². The van der Waals surface area contributed by atoms with Crippen LogP contribution in [0.25, 0.3) is 33.1 Å². The third-order valence-corrected chi connectivity index (χ3v) is 6.60. The van der Waals surface area contributed by atoms with Crippen LogP contribution in [0.1, 0.15) is 22.9 Å². The number of benzene rings is 1. The van der Waals surface area contributed by atoms with Crippen molar-refractivity contribution in [3.05, 3.63) is 78.1 Å². The van der Waals surface area contributed by atoms with Gasteiger partial charge < -0.3 is 25.9 Å². The van der Waals surface area contributed by atoms with Crippen LogP contribution in [0, 0.1) is 6.92 Å². The molecule has 0 aliphatic carbocycles. The highest BCUT2D eigenvalue weighted by atomic mass is 16.5. The normalized spacial score (nSPS) is 16.0. The minimum atomic E-state index is -0.221. The zero-order valence-electron chi connectivity index (χ0n) is 19.9. The fourth-order valence-electron chi connectivity index (χ4n) is 4.69. The molecule has 1 aliphatic rings. The fraction of sp³-hybridized carbons (Fsp3) is 0.222. The molecule has 0 spiro atoms. The van der Waals surface area contributed by atoms with Crippen molar-refractivity contribution < 1.29 is 9.47 Å². The maximum atomic E-state index is 6.45. The van der Waals surface area contributed by atoms with E-state index in [1.165, 1.54) is 5.39 Å². The highest BCUT2D eigenvalue weighted by Gasteiger charge is 2.23. The van der Waals surface area contributed by atoms with Gasteiger partial charge in [-0.25, -0.2) is 4.98 Å². The number of pyridine rings is 2. The lowest BCUT2D eigenvalue weighted by molar-refractivity contribution is 0.268. The van der Waals surface area contributed by atoms with Gasteiger partial charge in [0.05, 0.1) is 36.4 Å². The SMILES string of the molecule is Cc1[nH]nc2cnc(-c3cc(OC[C@@H](N)Cc4c[nH]c5ccccc45)c(N)nc3C3C=COC3)cc12. The molecule has 5 heterocycles. The number of aromatic amines is 2. The number of H-pyrrole nitrogens is 2. The van der Waals surface area contributed by atoms with Gasteiger partial charge in [0.15, 0.2) is 11.6 Å². The molecule has 36 heavy (non-hydrogen) atoms. The minimum Gasteiger partial charge on any atom is -0.500 e. The molecule has 0 radical (unpaired) electrons. The van der Waals surface area contributed by atoms with Crippen molar-refractivity contribution in [2.45, 2.75) is 25.3 Å². The minimum absolute atomic E-state index is 0.0246. The van der Waals surface area contributed by atoms with Gasteiger partial charge in [0.1, 0.15) is 12.1 Å². The van der Waals surface area contributed by atoms with Gasteiger partial charge in [0.2, 0.25) is 0 Å². The molecule has 1 unspecified atom stereocenters. The van der Waals surface area contributed by atoms with Crippen molar-refractivity contribution in [1.82, 2.24) is 25.1 Å².